The molecule has 3 aromatic rings. The van der Waals surface area contributed by atoms with Gasteiger partial charge in [-0.05, 0) is 61.9 Å². The van der Waals surface area contributed by atoms with E-state index in [-0.39, 0.29) is 16.9 Å². The minimum atomic E-state index is -4.76. The second kappa shape index (κ2) is 13.1. The number of ether oxygens (including phenoxy) is 3. The first-order valence-corrected chi connectivity index (χ1v) is 12.4. The lowest BCUT2D eigenvalue weighted by Crippen LogP contribution is -2.18. The summed E-state index contributed by atoms with van der Waals surface area (Å²) in [5, 5.41) is 15.3. The molecule has 0 bridgehead atoms. The first-order chi connectivity index (χ1) is 18.5. The summed E-state index contributed by atoms with van der Waals surface area (Å²) in [4.78, 5) is 23.1. The van der Waals surface area contributed by atoms with Crippen LogP contribution in [-0.2, 0) is 6.18 Å². The van der Waals surface area contributed by atoms with Gasteiger partial charge in [-0.2, -0.15) is 18.3 Å². The Balaban J connectivity index is 1.82. The van der Waals surface area contributed by atoms with E-state index in [1.165, 1.54) is 18.3 Å². The number of alkyl halides is 3. The number of nitro groups is 1. The van der Waals surface area contributed by atoms with E-state index in [9.17, 15) is 28.1 Å². The average molecular weight is 610 g/mol. The van der Waals surface area contributed by atoms with Crippen LogP contribution in [-0.4, -0.2) is 30.3 Å². The zero-order chi connectivity index (χ0) is 28.6. The van der Waals surface area contributed by atoms with Crippen LogP contribution in [0, 0.1) is 10.1 Å². The molecule has 0 aliphatic carbocycles. The summed E-state index contributed by atoms with van der Waals surface area (Å²) in [7, 11) is 0. The standard InChI is InChI=1S/C26H23BrF3N3O6/c1-3-11-38-23-8-5-16(13-24(23)37-4-2)25(34)32-31-15-17-12-19(27)7-10-21(17)39-22-9-6-18(26(28,29)30)14-20(22)33(35)36/h5-10,12-15H,3-4,11H2,1-2H3,(H,32,34)/b31-15+. The molecule has 0 aliphatic heterocycles. The van der Waals surface area contributed by atoms with Crippen LogP contribution in [0.1, 0.15) is 41.8 Å². The fourth-order valence-corrected chi connectivity index (χ4v) is 3.61. The van der Waals surface area contributed by atoms with Gasteiger partial charge in [0.05, 0.1) is 29.9 Å². The van der Waals surface area contributed by atoms with Gasteiger partial charge in [-0.1, -0.05) is 22.9 Å². The number of hydrogen-bond acceptors (Lipinski definition) is 7. The second-order valence-corrected chi connectivity index (χ2v) is 8.78. The summed E-state index contributed by atoms with van der Waals surface area (Å²) < 4.78 is 56.4. The Kier molecular flexibility index (Phi) is 9.88. The van der Waals surface area contributed by atoms with Gasteiger partial charge in [0.1, 0.15) is 5.75 Å². The highest BCUT2D eigenvalue weighted by Crippen LogP contribution is 2.38. The molecule has 0 fully saturated rings. The van der Waals surface area contributed by atoms with Crippen molar-refractivity contribution in [3.63, 3.8) is 0 Å². The van der Waals surface area contributed by atoms with E-state index < -0.39 is 34.0 Å². The molecule has 0 unspecified atom stereocenters. The number of carbonyl (C=O) groups is 1. The number of hydrazone groups is 1. The Hall–Kier alpha value is -4.13. The molecule has 3 rings (SSSR count). The third-order valence-corrected chi connectivity index (χ3v) is 5.51. The molecule has 0 aromatic heterocycles. The lowest BCUT2D eigenvalue weighted by atomic mass is 10.1. The number of nitrogens with one attached hydrogen (secondary N) is 1. The maximum atomic E-state index is 13.0. The molecule has 39 heavy (non-hydrogen) atoms. The molecular weight excluding hydrogens is 587 g/mol. The number of nitrogens with zero attached hydrogens (tertiary/aromatic N) is 2. The van der Waals surface area contributed by atoms with Gasteiger partial charge in [0.25, 0.3) is 5.91 Å². The van der Waals surface area contributed by atoms with Crippen LogP contribution in [0.15, 0.2) is 64.2 Å². The van der Waals surface area contributed by atoms with Crippen LogP contribution in [0.3, 0.4) is 0 Å². The molecule has 0 spiro atoms. The zero-order valence-electron chi connectivity index (χ0n) is 20.8. The third kappa shape index (κ3) is 7.93. The highest BCUT2D eigenvalue weighted by Gasteiger charge is 2.33. The van der Waals surface area contributed by atoms with Gasteiger partial charge in [-0.15, -0.1) is 0 Å². The molecule has 206 valence electrons. The fourth-order valence-electron chi connectivity index (χ4n) is 3.23. The molecule has 3 aromatic carbocycles. The number of benzene rings is 3. The van der Waals surface area contributed by atoms with Crippen molar-refractivity contribution in [3.8, 4) is 23.0 Å². The van der Waals surface area contributed by atoms with E-state index in [1.54, 1.807) is 31.2 Å². The highest BCUT2D eigenvalue weighted by molar-refractivity contribution is 9.10. The summed E-state index contributed by atoms with van der Waals surface area (Å²) in [5.74, 6) is 0.0125. The maximum Gasteiger partial charge on any atom is 0.416 e. The number of halogens is 4. The lowest BCUT2D eigenvalue weighted by molar-refractivity contribution is -0.385. The van der Waals surface area contributed by atoms with Crippen molar-refractivity contribution in [2.75, 3.05) is 13.2 Å². The molecular formula is C26H23BrF3N3O6. The number of hydrogen-bond donors (Lipinski definition) is 1. The number of rotatable bonds is 11. The third-order valence-electron chi connectivity index (χ3n) is 5.01. The van der Waals surface area contributed by atoms with Gasteiger partial charge in [0.15, 0.2) is 11.5 Å². The molecule has 13 heteroatoms. The van der Waals surface area contributed by atoms with Gasteiger partial charge in [-0.25, -0.2) is 5.43 Å². The van der Waals surface area contributed by atoms with Crippen LogP contribution in [0.4, 0.5) is 18.9 Å². The van der Waals surface area contributed by atoms with Crippen molar-refractivity contribution >= 4 is 33.7 Å². The van der Waals surface area contributed by atoms with Crippen molar-refractivity contribution in [2.24, 2.45) is 5.10 Å². The maximum absolute atomic E-state index is 13.0. The SMILES string of the molecule is CCCOc1ccc(C(=O)N/N=C/c2cc(Br)ccc2Oc2ccc(C(F)(F)F)cc2[N+](=O)[O-])cc1OCC. The minimum absolute atomic E-state index is 0.0510. The first-order valence-electron chi connectivity index (χ1n) is 11.6. The summed E-state index contributed by atoms with van der Waals surface area (Å²) in [6, 6.07) is 11.2. The zero-order valence-corrected chi connectivity index (χ0v) is 22.3. The predicted octanol–water partition coefficient (Wildman–Crippen LogP) is 7.12. The Labute approximate surface area is 229 Å². The van der Waals surface area contributed by atoms with Gasteiger partial charge >= 0.3 is 11.9 Å². The number of nitro benzene ring substituents is 1. The van der Waals surface area contributed by atoms with E-state index in [0.717, 1.165) is 12.5 Å². The quantitative estimate of drug-likeness (QED) is 0.141. The molecule has 1 amide bonds. The predicted molar refractivity (Wildman–Crippen MR) is 141 cm³/mol. The Morgan fingerprint density at radius 3 is 2.41 bits per heavy atom. The van der Waals surface area contributed by atoms with Crippen LogP contribution < -0.4 is 19.6 Å². The topological polar surface area (TPSA) is 112 Å². The number of carbonyl (C=O) groups excluding carboxylic acids is 1. The average Bonchev–Trinajstić information content (AvgIpc) is 2.89. The van der Waals surface area contributed by atoms with E-state index >= 15 is 0 Å². The fraction of sp³-hybridized carbons (Fsp3) is 0.231. The number of amides is 1. The van der Waals surface area contributed by atoms with Gasteiger partial charge in [-0.3, -0.25) is 14.9 Å². The normalized spacial score (nSPS) is 11.3. The van der Waals surface area contributed by atoms with Crippen molar-refractivity contribution < 1.29 is 37.1 Å². The van der Waals surface area contributed by atoms with E-state index in [4.69, 9.17) is 14.2 Å². The lowest BCUT2D eigenvalue weighted by Gasteiger charge is -2.12. The smallest absolute Gasteiger partial charge is 0.416 e. The van der Waals surface area contributed by atoms with Crippen LogP contribution >= 0.6 is 15.9 Å². The van der Waals surface area contributed by atoms with Gasteiger partial charge in [0.2, 0.25) is 5.75 Å². The first kappa shape index (κ1) is 29.4. The summed E-state index contributed by atoms with van der Waals surface area (Å²) in [6.07, 6.45) is -2.73. The van der Waals surface area contributed by atoms with Crippen LogP contribution in [0.2, 0.25) is 0 Å². The van der Waals surface area contributed by atoms with Gasteiger partial charge in [0, 0.05) is 21.7 Å². The highest BCUT2D eigenvalue weighted by atomic mass is 79.9. The second-order valence-electron chi connectivity index (χ2n) is 7.86. The molecule has 0 atom stereocenters. The molecule has 0 saturated heterocycles. The van der Waals surface area contributed by atoms with E-state index in [1.807, 2.05) is 6.92 Å². The molecule has 1 N–H and O–H groups in total. The van der Waals surface area contributed by atoms with Crippen molar-refractivity contribution in [1.29, 1.82) is 0 Å². The van der Waals surface area contributed by atoms with Crippen molar-refractivity contribution in [3.05, 3.63) is 85.9 Å². The Morgan fingerprint density at radius 2 is 1.74 bits per heavy atom. The molecule has 0 saturated carbocycles. The molecule has 0 heterocycles. The summed E-state index contributed by atoms with van der Waals surface area (Å²) in [5.41, 5.74) is 0.862. The Morgan fingerprint density at radius 1 is 1.03 bits per heavy atom. The van der Waals surface area contributed by atoms with Crippen LogP contribution in [0.25, 0.3) is 0 Å². The van der Waals surface area contributed by atoms with E-state index in [2.05, 4.69) is 26.5 Å². The minimum Gasteiger partial charge on any atom is -0.490 e. The summed E-state index contributed by atoms with van der Waals surface area (Å²) in [6.45, 7) is 4.63. The van der Waals surface area contributed by atoms with Crippen LogP contribution in [0.5, 0.6) is 23.0 Å². The van der Waals surface area contributed by atoms with Crippen molar-refractivity contribution in [1.82, 2.24) is 5.43 Å². The molecule has 0 aliphatic rings. The van der Waals surface area contributed by atoms with E-state index in [0.29, 0.717) is 41.3 Å². The molecule has 0 radical (unpaired) electrons. The summed E-state index contributed by atoms with van der Waals surface area (Å²) >= 11 is 3.29. The monoisotopic (exact) mass is 609 g/mol. The van der Waals surface area contributed by atoms with Gasteiger partial charge < -0.3 is 14.2 Å². The van der Waals surface area contributed by atoms with Crippen molar-refractivity contribution in [2.45, 2.75) is 26.4 Å². The Bertz CT molecular complexity index is 1380. The largest absolute Gasteiger partial charge is 0.490 e. The molecule has 9 nitrogen and oxygen atoms in total.